The van der Waals surface area contributed by atoms with Gasteiger partial charge in [-0.1, -0.05) is 48.5 Å². The number of carbonyl (C=O) groups is 2. The standard InChI is InChI=1S/C39H46N4O3S/c1-41(2)31-19-24-42(25-20-31)22-10-11-26-46-36-28-30(39(45)43-23-9-8-16-37-35(43)21-27-47-37)17-18-34(36)40-38(44)33-15-7-6-14-32(33)29-12-4-3-5-13-29/h3-7,12-15,17-18,21,27-28,31H,8-11,16,19-20,22-26H2,1-2H3,(H,40,44). The first kappa shape index (κ1) is 32.9. The predicted octanol–water partition coefficient (Wildman–Crippen LogP) is 7.84. The van der Waals surface area contributed by atoms with E-state index in [1.54, 1.807) is 11.3 Å². The second-order valence-corrected chi connectivity index (χ2v) is 13.8. The topological polar surface area (TPSA) is 65.1 Å². The number of hydrogen-bond donors (Lipinski definition) is 1. The van der Waals surface area contributed by atoms with E-state index in [0.717, 1.165) is 68.6 Å². The Morgan fingerprint density at radius 2 is 1.70 bits per heavy atom. The van der Waals surface area contributed by atoms with Crippen LogP contribution >= 0.6 is 11.3 Å². The lowest BCUT2D eigenvalue weighted by molar-refractivity contribution is 0.0985. The number of benzene rings is 3. The fraction of sp³-hybridized carbons (Fsp3) is 0.385. The smallest absolute Gasteiger partial charge is 0.258 e. The zero-order chi connectivity index (χ0) is 32.6. The summed E-state index contributed by atoms with van der Waals surface area (Å²) in [5.41, 5.74) is 4.56. The van der Waals surface area contributed by atoms with Gasteiger partial charge in [0.15, 0.2) is 0 Å². The third-order valence-corrected chi connectivity index (χ3v) is 10.4. The molecule has 1 saturated heterocycles. The normalized spacial score (nSPS) is 15.7. The van der Waals surface area contributed by atoms with Crippen LogP contribution in [0.15, 0.2) is 84.2 Å². The van der Waals surface area contributed by atoms with Crippen molar-refractivity contribution in [3.63, 3.8) is 0 Å². The lowest BCUT2D eigenvalue weighted by Gasteiger charge is -2.35. The zero-order valence-electron chi connectivity index (χ0n) is 27.6. The molecule has 1 fully saturated rings. The number of carbonyl (C=O) groups excluding carboxylic acids is 2. The van der Waals surface area contributed by atoms with Gasteiger partial charge >= 0.3 is 0 Å². The fourth-order valence-electron chi connectivity index (χ4n) is 6.70. The highest BCUT2D eigenvalue weighted by molar-refractivity contribution is 7.10. The largest absolute Gasteiger partial charge is 0.491 e. The molecule has 7 nitrogen and oxygen atoms in total. The molecule has 0 aliphatic carbocycles. The van der Waals surface area contributed by atoms with Crippen LogP contribution in [0.5, 0.6) is 5.75 Å². The van der Waals surface area contributed by atoms with Crippen molar-refractivity contribution in [1.29, 1.82) is 0 Å². The molecule has 3 heterocycles. The average Bonchev–Trinajstić information content (AvgIpc) is 3.47. The third kappa shape index (κ3) is 8.12. The van der Waals surface area contributed by atoms with E-state index in [2.05, 4.69) is 40.7 Å². The van der Waals surface area contributed by atoms with Crippen LogP contribution in [0.2, 0.25) is 0 Å². The summed E-state index contributed by atoms with van der Waals surface area (Å²) in [6, 6.07) is 25.7. The number of thiophene rings is 1. The number of aryl methyl sites for hydroxylation is 1. The molecule has 2 amide bonds. The van der Waals surface area contributed by atoms with Crippen LogP contribution < -0.4 is 15.0 Å². The molecule has 0 radical (unpaired) electrons. The number of likely N-dealkylation sites (tertiary alicyclic amines) is 1. The summed E-state index contributed by atoms with van der Waals surface area (Å²) in [6.07, 6.45) is 7.41. The van der Waals surface area contributed by atoms with E-state index in [4.69, 9.17) is 4.74 Å². The fourth-order valence-corrected chi connectivity index (χ4v) is 7.62. The number of hydrogen-bond acceptors (Lipinski definition) is 6. The van der Waals surface area contributed by atoms with E-state index in [1.165, 1.54) is 17.7 Å². The molecule has 0 bridgehead atoms. The first-order valence-electron chi connectivity index (χ1n) is 17.0. The Hall–Kier alpha value is -3.98. The summed E-state index contributed by atoms with van der Waals surface area (Å²) in [5, 5.41) is 5.18. The minimum absolute atomic E-state index is 0.0372. The number of anilines is 2. The Kier molecular flexibility index (Phi) is 11.0. The van der Waals surface area contributed by atoms with Crippen LogP contribution in [-0.4, -0.2) is 74.5 Å². The van der Waals surface area contributed by atoms with E-state index in [-0.39, 0.29) is 11.8 Å². The molecule has 4 aromatic rings. The highest BCUT2D eigenvalue weighted by Gasteiger charge is 2.25. The maximum Gasteiger partial charge on any atom is 0.258 e. The molecule has 47 heavy (non-hydrogen) atoms. The molecule has 2 aliphatic rings. The minimum atomic E-state index is -0.218. The molecule has 1 N–H and O–H groups in total. The Balaban J connectivity index is 1.18. The van der Waals surface area contributed by atoms with Gasteiger partial charge in [-0.2, -0.15) is 0 Å². The van der Waals surface area contributed by atoms with Crippen molar-refractivity contribution in [1.82, 2.24) is 9.80 Å². The quantitative estimate of drug-likeness (QED) is 0.168. The summed E-state index contributed by atoms with van der Waals surface area (Å²) in [7, 11) is 4.35. The number of nitrogens with one attached hydrogen (secondary N) is 1. The molecule has 6 rings (SSSR count). The van der Waals surface area contributed by atoms with Crippen LogP contribution in [0.4, 0.5) is 11.4 Å². The Bertz CT molecular complexity index is 1640. The van der Waals surface area contributed by atoms with Gasteiger partial charge < -0.3 is 24.8 Å². The van der Waals surface area contributed by atoms with Gasteiger partial charge in [0.1, 0.15) is 5.75 Å². The van der Waals surface area contributed by atoms with E-state index < -0.39 is 0 Å². The molecule has 0 spiro atoms. The SMILES string of the molecule is CN(C)C1CCN(CCCCOc2cc(C(=O)N3CCCCc4sccc43)ccc2NC(=O)c2ccccc2-c2ccccc2)CC1. The molecule has 2 aliphatic heterocycles. The van der Waals surface area contributed by atoms with E-state index in [9.17, 15) is 9.59 Å². The van der Waals surface area contributed by atoms with Crippen LogP contribution in [0.1, 0.15) is 64.1 Å². The number of ether oxygens (including phenoxy) is 1. The molecular formula is C39H46N4O3S. The summed E-state index contributed by atoms with van der Waals surface area (Å²) in [5.74, 6) is 0.267. The average molecular weight is 651 g/mol. The Labute approximate surface area is 283 Å². The number of nitrogens with zero attached hydrogens (tertiary/aromatic N) is 3. The molecule has 1 aromatic heterocycles. The van der Waals surface area contributed by atoms with Crippen LogP contribution in [-0.2, 0) is 6.42 Å². The second-order valence-electron chi connectivity index (χ2n) is 12.8. The van der Waals surface area contributed by atoms with Gasteiger partial charge in [-0.3, -0.25) is 9.59 Å². The zero-order valence-corrected chi connectivity index (χ0v) is 28.4. The molecule has 8 heteroatoms. The minimum Gasteiger partial charge on any atom is -0.491 e. The second kappa shape index (κ2) is 15.7. The summed E-state index contributed by atoms with van der Waals surface area (Å²) in [4.78, 5) is 35.7. The number of unbranched alkanes of at least 4 members (excludes halogenated alkanes) is 1. The molecule has 3 aromatic carbocycles. The third-order valence-electron chi connectivity index (χ3n) is 9.44. The monoisotopic (exact) mass is 650 g/mol. The molecule has 246 valence electrons. The van der Waals surface area contributed by atoms with Crippen LogP contribution in [0.25, 0.3) is 11.1 Å². The van der Waals surface area contributed by atoms with Crippen molar-refractivity contribution >= 4 is 34.5 Å². The van der Waals surface area contributed by atoms with E-state index in [1.807, 2.05) is 77.7 Å². The predicted molar refractivity (Wildman–Crippen MR) is 193 cm³/mol. The molecular weight excluding hydrogens is 605 g/mol. The number of piperidine rings is 1. The lowest BCUT2D eigenvalue weighted by atomic mass is 9.99. The molecule has 0 unspecified atom stereocenters. The van der Waals surface area contributed by atoms with Crippen molar-refractivity contribution in [3.8, 4) is 16.9 Å². The van der Waals surface area contributed by atoms with Crippen LogP contribution in [0, 0.1) is 0 Å². The van der Waals surface area contributed by atoms with Crippen LogP contribution in [0.3, 0.4) is 0 Å². The van der Waals surface area contributed by atoms with Gasteiger partial charge in [0.05, 0.1) is 18.0 Å². The number of amides is 2. The number of rotatable bonds is 11. The van der Waals surface area contributed by atoms with Gasteiger partial charge in [0.2, 0.25) is 0 Å². The lowest BCUT2D eigenvalue weighted by Crippen LogP contribution is -2.42. The van der Waals surface area contributed by atoms with Gasteiger partial charge in [-0.25, -0.2) is 0 Å². The summed E-state index contributed by atoms with van der Waals surface area (Å²) in [6.45, 7) is 4.53. The molecule has 0 atom stereocenters. The Morgan fingerprint density at radius 3 is 2.51 bits per heavy atom. The van der Waals surface area contributed by atoms with Crippen molar-refractivity contribution in [2.24, 2.45) is 0 Å². The van der Waals surface area contributed by atoms with Crippen molar-refractivity contribution in [2.45, 2.75) is 51.0 Å². The van der Waals surface area contributed by atoms with Gasteiger partial charge in [0, 0.05) is 28.6 Å². The summed E-state index contributed by atoms with van der Waals surface area (Å²) >= 11 is 1.72. The first-order valence-corrected chi connectivity index (χ1v) is 17.9. The van der Waals surface area contributed by atoms with Gasteiger partial charge in [-0.05, 0) is 126 Å². The maximum absolute atomic E-state index is 13.9. The Morgan fingerprint density at radius 1 is 0.915 bits per heavy atom. The highest BCUT2D eigenvalue weighted by atomic mass is 32.1. The van der Waals surface area contributed by atoms with E-state index >= 15 is 0 Å². The first-order chi connectivity index (χ1) is 23.0. The maximum atomic E-state index is 13.9. The van der Waals surface area contributed by atoms with Gasteiger partial charge in [-0.15, -0.1) is 11.3 Å². The highest BCUT2D eigenvalue weighted by Crippen LogP contribution is 2.34. The van der Waals surface area contributed by atoms with Gasteiger partial charge in [0.25, 0.3) is 11.8 Å². The van der Waals surface area contributed by atoms with Crippen molar-refractivity contribution < 1.29 is 14.3 Å². The van der Waals surface area contributed by atoms with Crippen molar-refractivity contribution in [2.75, 3.05) is 57.1 Å². The number of fused-ring (bicyclic) bond motifs is 1. The van der Waals surface area contributed by atoms with Crippen molar-refractivity contribution in [3.05, 3.63) is 100 Å². The van der Waals surface area contributed by atoms with E-state index in [0.29, 0.717) is 41.8 Å². The summed E-state index contributed by atoms with van der Waals surface area (Å²) < 4.78 is 6.38. The molecule has 0 saturated carbocycles.